The van der Waals surface area contributed by atoms with Crippen molar-refractivity contribution in [1.29, 1.82) is 0 Å². The van der Waals surface area contributed by atoms with Crippen LogP contribution in [-0.4, -0.2) is 4.98 Å². The van der Waals surface area contributed by atoms with E-state index in [4.69, 9.17) is 5.73 Å². The predicted octanol–water partition coefficient (Wildman–Crippen LogP) is 2.64. The van der Waals surface area contributed by atoms with Crippen LogP contribution in [0.3, 0.4) is 0 Å². The Morgan fingerprint density at radius 3 is 2.25 bits per heavy atom. The number of aromatic nitrogens is 1. The summed E-state index contributed by atoms with van der Waals surface area (Å²) >= 11 is 0. The van der Waals surface area contributed by atoms with Gasteiger partial charge in [-0.1, -0.05) is 0 Å². The number of alkyl halides is 5. The van der Waals surface area contributed by atoms with E-state index in [9.17, 15) is 26.3 Å². The topological polar surface area (TPSA) is 38.9 Å². The highest BCUT2D eigenvalue weighted by Crippen LogP contribution is 2.37. The van der Waals surface area contributed by atoms with Gasteiger partial charge < -0.3 is 5.73 Å². The zero-order valence-electron chi connectivity index (χ0n) is 7.65. The van der Waals surface area contributed by atoms with E-state index in [0.717, 1.165) is 0 Å². The summed E-state index contributed by atoms with van der Waals surface area (Å²) < 4.78 is 74.4. The van der Waals surface area contributed by atoms with Gasteiger partial charge in [-0.3, -0.25) is 0 Å². The minimum absolute atomic E-state index is 0.324. The Hall–Kier alpha value is -1.31. The molecule has 2 nitrogen and oxygen atoms in total. The third-order valence-corrected chi connectivity index (χ3v) is 1.80. The van der Waals surface area contributed by atoms with Crippen LogP contribution in [0.5, 0.6) is 0 Å². The standard InChI is InChI=1S/C8H6F6N2/c9-6(10)5-4(8(12,13)14)1-3(2-15)16-7(5)11/h1,6H,2,15H2. The van der Waals surface area contributed by atoms with Gasteiger partial charge in [-0.2, -0.15) is 17.6 Å². The molecule has 1 rings (SSSR count). The van der Waals surface area contributed by atoms with Crippen LogP contribution in [0.15, 0.2) is 6.07 Å². The van der Waals surface area contributed by atoms with Gasteiger partial charge in [0.1, 0.15) is 0 Å². The molecule has 0 aliphatic rings. The lowest BCUT2D eigenvalue weighted by molar-refractivity contribution is -0.140. The van der Waals surface area contributed by atoms with Gasteiger partial charge in [-0.15, -0.1) is 0 Å². The minimum Gasteiger partial charge on any atom is -0.325 e. The highest BCUT2D eigenvalue weighted by Gasteiger charge is 2.38. The largest absolute Gasteiger partial charge is 0.417 e. The van der Waals surface area contributed by atoms with Crippen molar-refractivity contribution in [3.05, 3.63) is 28.8 Å². The van der Waals surface area contributed by atoms with Crippen LogP contribution in [0.4, 0.5) is 26.3 Å². The van der Waals surface area contributed by atoms with E-state index in [1.807, 2.05) is 0 Å². The van der Waals surface area contributed by atoms with Gasteiger partial charge in [0.15, 0.2) is 0 Å². The van der Waals surface area contributed by atoms with Gasteiger partial charge in [0.2, 0.25) is 5.95 Å². The molecule has 8 heteroatoms. The Bertz CT molecular complexity index is 387. The maximum absolute atomic E-state index is 12.9. The summed E-state index contributed by atoms with van der Waals surface area (Å²) in [5.41, 5.74) is 1.05. The quantitative estimate of drug-likeness (QED) is 0.641. The lowest BCUT2D eigenvalue weighted by Crippen LogP contribution is -2.15. The highest BCUT2D eigenvalue weighted by molar-refractivity contribution is 5.31. The molecule has 1 aromatic heterocycles. The van der Waals surface area contributed by atoms with Crippen LogP contribution in [0.2, 0.25) is 0 Å². The van der Waals surface area contributed by atoms with E-state index < -0.39 is 41.9 Å². The van der Waals surface area contributed by atoms with Crippen LogP contribution in [0.25, 0.3) is 0 Å². The zero-order valence-corrected chi connectivity index (χ0v) is 7.65. The number of halogens is 6. The highest BCUT2D eigenvalue weighted by atomic mass is 19.4. The Morgan fingerprint density at radius 1 is 1.31 bits per heavy atom. The lowest BCUT2D eigenvalue weighted by Gasteiger charge is -2.13. The van der Waals surface area contributed by atoms with Gasteiger partial charge in [0, 0.05) is 6.54 Å². The van der Waals surface area contributed by atoms with Crippen LogP contribution in [0.1, 0.15) is 23.2 Å². The van der Waals surface area contributed by atoms with E-state index in [1.54, 1.807) is 0 Å². The normalized spacial score (nSPS) is 12.2. The van der Waals surface area contributed by atoms with Crippen molar-refractivity contribution in [3.63, 3.8) is 0 Å². The molecule has 1 heterocycles. The summed E-state index contributed by atoms with van der Waals surface area (Å²) in [6.45, 7) is -0.469. The van der Waals surface area contributed by atoms with Gasteiger partial charge in [-0.05, 0) is 6.07 Å². The van der Waals surface area contributed by atoms with E-state index in [1.165, 1.54) is 0 Å². The van der Waals surface area contributed by atoms with Gasteiger partial charge in [-0.25, -0.2) is 13.8 Å². The average Bonchev–Trinajstić information content (AvgIpc) is 2.14. The van der Waals surface area contributed by atoms with Crippen molar-refractivity contribution in [2.24, 2.45) is 5.73 Å². The molecule has 0 saturated heterocycles. The molecule has 16 heavy (non-hydrogen) atoms. The van der Waals surface area contributed by atoms with Crippen molar-refractivity contribution in [2.45, 2.75) is 19.1 Å². The summed E-state index contributed by atoms with van der Waals surface area (Å²) in [6.07, 6.45) is -8.66. The number of hydrogen-bond acceptors (Lipinski definition) is 2. The molecule has 2 N–H and O–H groups in total. The van der Waals surface area contributed by atoms with Gasteiger partial charge >= 0.3 is 6.18 Å². The van der Waals surface area contributed by atoms with E-state index in [0.29, 0.717) is 6.07 Å². The summed E-state index contributed by atoms with van der Waals surface area (Å²) in [5.74, 6) is -1.84. The fourth-order valence-electron chi connectivity index (χ4n) is 1.12. The van der Waals surface area contributed by atoms with Gasteiger partial charge in [0.25, 0.3) is 6.43 Å². The number of nitrogens with two attached hydrogens (primary N) is 1. The number of hydrogen-bond donors (Lipinski definition) is 1. The smallest absolute Gasteiger partial charge is 0.325 e. The van der Waals surface area contributed by atoms with Crippen molar-refractivity contribution in [1.82, 2.24) is 4.98 Å². The van der Waals surface area contributed by atoms with E-state index in [2.05, 4.69) is 4.98 Å². The number of nitrogens with zero attached hydrogens (tertiary/aromatic N) is 1. The summed E-state index contributed by atoms with van der Waals surface area (Å²) in [4.78, 5) is 2.92. The Labute approximate surface area is 86.1 Å². The Balaban J connectivity index is 3.47. The van der Waals surface area contributed by atoms with Crippen LogP contribution in [0, 0.1) is 5.95 Å². The second-order valence-electron chi connectivity index (χ2n) is 2.87. The first-order valence-electron chi connectivity index (χ1n) is 4.02. The van der Waals surface area contributed by atoms with Crippen molar-refractivity contribution < 1.29 is 26.3 Å². The molecular formula is C8H6F6N2. The molecule has 0 unspecified atom stereocenters. The first kappa shape index (κ1) is 12.8. The molecule has 0 aromatic carbocycles. The predicted molar refractivity (Wildman–Crippen MR) is 42.0 cm³/mol. The third-order valence-electron chi connectivity index (χ3n) is 1.80. The number of pyridine rings is 1. The maximum atomic E-state index is 12.9. The maximum Gasteiger partial charge on any atom is 0.417 e. The SMILES string of the molecule is NCc1cc(C(F)(F)F)c(C(F)F)c(F)n1. The Kier molecular flexibility index (Phi) is 3.41. The molecule has 0 radical (unpaired) electrons. The van der Waals surface area contributed by atoms with Crippen molar-refractivity contribution >= 4 is 0 Å². The van der Waals surface area contributed by atoms with Crippen LogP contribution < -0.4 is 5.73 Å². The molecule has 0 atom stereocenters. The Morgan fingerprint density at radius 2 is 1.88 bits per heavy atom. The number of rotatable bonds is 2. The van der Waals surface area contributed by atoms with Crippen molar-refractivity contribution in [3.8, 4) is 0 Å². The van der Waals surface area contributed by atoms with Crippen LogP contribution >= 0.6 is 0 Å². The molecular weight excluding hydrogens is 238 g/mol. The fourth-order valence-corrected chi connectivity index (χ4v) is 1.12. The van der Waals surface area contributed by atoms with Gasteiger partial charge in [0.05, 0.1) is 16.8 Å². The zero-order chi connectivity index (χ0) is 12.5. The first-order chi connectivity index (χ1) is 7.27. The van der Waals surface area contributed by atoms with Crippen LogP contribution in [-0.2, 0) is 12.7 Å². The molecule has 90 valence electrons. The summed E-state index contributed by atoms with van der Waals surface area (Å²) in [6, 6.07) is 0.324. The molecule has 0 aliphatic carbocycles. The fraction of sp³-hybridized carbons (Fsp3) is 0.375. The first-order valence-corrected chi connectivity index (χ1v) is 4.02. The molecule has 0 saturated carbocycles. The van der Waals surface area contributed by atoms with E-state index >= 15 is 0 Å². The third kappa shape index (κ3) is 2.43. The lowest BCUT2D eigenvalue weighted by atomic mass is 10.1. The second-order valence-corrected chi connectivity index (χ2v) is 2.87. The minimum atomic E-state index is -5.07. The second kappa shape index (κ2) is 4.28. The average molecular weight is 244 g/mol. The van der Waals surface area contributed by atoms with E-state index in [-0.39, 0.29) is 0 Å². The molecule has 0 spiro atoms. The summed E-state index contributed by atoms with van der Waals surface area (Å²) in [7, 11) is 0. The molecule has 0 bridgehead atoms. The molecule has 0 amide bonds. The molecule has 1 aromatic rings. The summed E-state index contributed by atoms with van der Waals surface area (Å²) in [5, 5.41) is 0. The van der Waals surface area contributed by atoms with Crippen molar-refractivity contribution in [2.75, 3.05) is 0 Å². The monoisotopic (exact) mass is 244 g/mol. The molecule has 0 fully saturated rings. The molecule has 0 aliphatic heterocycles.